The third-order valence-electron chi connectivity index (χ3n) is 7.98. The molecule has 210 valence electrons. The second-order valence-corrected chi connectivity index (χ2v) is 12.7. The fourth-order valence-electron chi connectivity index (χ4n) is 6.35. The molecule has 1 fully saturated rings. The molecule has 2 heterocycles. The Hall–Kier alpha value is -3.26. The lowest BCUT2D eigenvalue weighted by molar-refractivity contribution is -0.118. The van der Waals surface area contributed by atoms with E-state index in [0.29, 0.717) is 22.3 Å². The minimum Gasteiger partial charge on any atom is -0.495 e. The van der Waals surface area contributed by atoms with E-state index < -0.39 is 17.4 Å². The molecule has 3 aromatic rings. The second-order valence-electron chi connectivity index (χ2n) is 11.8. The molecule has 5 rings (SSSR count). The number of anilines is 2. The molecule has 9 heteroatoms. The van der Waals surface area contributed by atoms with E-state index >= 15 is 0 Å². The Labute approximate surface area is 244 Å². The number of methoxy groups -OCH3 is 1. The molecule has 3 aromatic carbocycles. The van der Waals surface area contributed by atoms with E-state index in [0.717, 1.165) is 23.2 Å². The highest BCUT2D eigenvalue weighted by Gasteiger charge is 2.61. The number of carboxylic acids is 1. The molecule has 0 aliphatic carbocycles. The van der Waals surface area contributed by atoms with Gasteiger partial charge in [-0.2, -0.15) is 0 Å². The number of carboxylic acid groups (broad SMARTS) is 1. The van der Waals surface area contributed by atoms with Crippen molar-refractivity contribution in [3.8, 4) is 5.75 Å². The number of fused-ring (bicyclic) bond motifs is 2. The minimum absolute atomic E-state index is 0.0222. The largest absolute Gasteiger partial charge is 0.495 e. The highest BCUT2D eigenvalue weighted by atomic mass is 35.5. The van der Waals surface area contributed by atoms with Crippen molar-refractivity contribution in [3.63, 3.8) is 0 Å². The van der Waals surface area contributed by atoms with Gasteiger partial charge in [0.1, 0.15) is 5.75 Å². The quantitative estimate of drug-likeness (QED) is 0.263. The van der Waals surface area contributed by atoms with Crippen LogP contribution in [0.5, 0.6) is 5.75 Å². The van der Waals surface area contributed by atoms with Crippen molar-refractivity contribution in [1.29, 1.82) is 0 Å². The number of rotatable bonds is 6. The molecule has 4 N–H and O–H groups in total. The molecular weight excluding hydrogens is 549 g/mol. The summed E-state index contributed by atoms with van der Waals surface area (Å²) in [5.41, 5.74) is 3.08. The first kappa shape index (κ1) is 28.3. The maximum absolute atomic E-state index is 14.2. The van der Waals surface area contributed by atoms with Crippen LogP contribution in [-0.4, -0.2) is 42.7 Å². The van der Waals surface area contributed by atoms with Crippen molar-refractivity contribution in [2.75, 3.05) is 24.3 Å². The summed E-state index contributed by atoms with van der Waals surface area (Å²) < 4.78 is 5.43. The smallest absolute Gasteiger partial charge is 0.335 e. The van der Waals surface area contributed by atoms with Crippen LogP contribution in [0.2, 0.25) is 10.0 Å². The molecule has 0 radical (unpaired) electrons. The van der Waals surface area contributed by atoms with Gasteiger partial charge in [-0.15, -0.1) is 0 Å². The molecule has 7 nitrogen and oxygen atoms in total. The molecule has 0 unspecified atom stereocenters. The zero-order valence-corrected chi connectivity index (χ0v) is 24.4. The van der Waals surface area contributed by atoms with Gasteiger partial charge in [-0.3, -0.25) is 4.79 Å². The zero-order chi connectivity index (χ0) is 28.8. The number of carbonyl (C=O) groups excluding carboxylic acids is 1. The molecule has 1 saturated heterocycles. The Bertz CT molecular complexity index is 1450. The van der Waals surface area contributed by atoms with E-state index in [1.165, 1.54) is 19.2 Å². The van der Waals surface area contributed by atoms with Crippen LogP contribution in [0, 0.1) is 5.41 Å². The summed E-state index contributed by atoms with van der Waals surface area (Å²) in [5, 5.41) is 21.0. The molecule has 0 saturated carbocycles. The van der Waals surface area contributed by atoms with Gasteiger partial charge < -0.3 is 25.8 Å². The predicted octanol–water partition coefficient (Wildman–Crippen LogP) is 6.56. The van der Waals surface area contributed by atoms with Crippen molar-refractivity contribution >= 4 is 46.5 Å². The maximum atomic E-state index is 14.2. The molecule has 40 heavy (non-hydrogen) atoms. The summed E-state index contributed by atoms with van der Waals surface area (Å²) in [6.07, 6.45) is 0.821. The van der Waals surface area contributed by atoms with Crippen LogP contribution in [0.3, 0.4) is 0 Å². The third kappa shape index (κ3) is 5.14. The van der Waals surface area contributed by atoms with Gasteiger partial charge >= 0.3 is 5.97 Å². The van der Waals surface area contributed by atoms with Gasteiger partial charge in [0.05, 0.1) is 24.4 Å². The molecule has 2 aliphatic heterocycles. The van der Waals surface area contributed by atoms with Crippen LogP contribution < -0.4 is 20.7 Å². The van der Waals surface area contributed by atoms with Gasteiger partial charge in [-0.25, -0.2) is 4.79 Å². The highest BCUT2D eigenvalue weighted by Crippen LogP contribution is 2.56. The van der Waals surface area contributed by atoms with Crippen LogP contribution in [0.15, 0.2) is 60.7 Å². The Morgan fingerprint density at radius 2 is 1.75 bits per heavy atom. The minimum atomic E-state index is -1.07. The fraction of sp³-hybridized carbons (Fsp3) is 0.355. The first-order chi connectivity index (χ1) is 18.9. The summed E-state index contributed by atoms with van der Waals surface area (Å²) in [6.45, 7) is 7.23. The lowest BCUT2D eigenvalue weighted by atomic mass is 9.63. The number of amides is 1. The molecule has 4 atom stereocenters. The lowest BCUT2D eigenvalue weighted by Gasteiger charge is -2.39. The summed E-state index contributed by atoms with van der Waals surface area (Å²) in [4.78, 5) is 25.6. The van der Waals surface area contributed by atoms with Gasteiger partial charge in [0.15, 0.2) is 0 Å². The lowest BCUT2D eigenvalue weighted by Crippen LogP contribution is -2.46. The molecule has 2 aliphatic rings. The van der Waals surface area contributed by atoms with Crippen molar-refractivity contribution in [2.45, 2.75) is 50.6 Å². The van der Waals surface area contributed by atoms with E-state index in [-0.39, 0.29) is 34.6 Å². The number of aromatic carboxylic acids is 1. The molecular formula is C31H33Cl2N3O4. The predicted molar refractivity (Wildman–Crippen MR) is 159 cm³/mol. The summed E-state index contributed by atoms with van der Waals surface area (Å²) in [5.74, 6) is -1.29. The van der Waals surface area contributed by atoms with Gasteiger partial charge in [-0.05, 0) is 65.4 Å². The Morgan fingerprint density at radius 3 is 2.40 bits per heavy atom. The van der Waals surface area contributed by atoms with Crippen LogP contribution in [-0.2, 0) is 10.2 Å². The second kappa shape index (κ2) is 10.6. The highest BCUT2D eigenvalue weighted by molar-refractivity contribution is 6.31. The average molecular weight is 583 g/mol. The van der Waals surface area contributed by atoms with E-state index in [4.69, 9.17) is 27.9 Å². The van der Waals surface area contributed by atoms with E-state index in [1.54, 1.807) is 6.07 Å². The van der Waals surface area contributed by atoms with E-state index in [1.807, 2.05) is 36.4 Å². The van der Waals surface area contributed by atoms with E-state index in [9.17, 15) is 14.7 Å². The first-order valence-corrected chi connectivity index (χ1v) is 14.0. The molecule has 1 amide bonds. The molecule has 0 bridgehead atoms. The monoisotopic (exact) mass is 581 g/mol. The Morgan fingerprint density at radius 1 is 1.05 bits per heavy atom. The topological polar surface area (TPSA) is 99.7 Å². The summed E-state index contributed by atoms with van der Waals surface area (Å²) in [6, 6.07) is 17.4. The van der Waals surface area contributed by atoms with Crippen LogP contribution in [0.25, 0.3) is 0 Å². The number of benzene rings is 3. The van der Waals surface area contributed by atoms with Crippen molar-refractivity contribution in [2.24, 2.45) is 5.41 Å². The van der Waals surface area contributed by atoms with Crippen LogP contribution >= 0.6 is 23.2 Å². The van der Waals surface area contributed by atoms with E-state index in [2.05, 4.69) is 42.8 Å². The molecule has 0 aromatic heterocycles. The number of nitrogens with one attached hydrogen (secondary N) is 3. The average Bonchev–Trinajstić information content (AvgIpc) is 3.42. The molecule has 1 spiro atoms. The van der Waals surface area contributed by atoms with Gasteiger partial charge in [0.2, 0.25) is 5.91 Å². The standard InChI is InChI=1S/C31H33Cl2N3O4/c1-30(2,3)15-25-31(16-34-23-14-20(33)10-11-21(23)31)26(17-5-8-19(32)9-6-17)27(36-25)28(37)35-22-12-7-18(29(38)39)13-24(22)40-4/h5-14,25-27,34,36H,15-16H2,1-4H3,(H,35,37)(H,38,39)/t25-,26-,27+,31-/m0/s1. The first-order valence-electron chi connectivity index (χ1n) is 13.2. The third-order valence-corrected chi connectivity index (χ3v) is 8.47. The SMILES string of the molecule is COc1cc(C(=O)O)ccc1NC(=O)[C@@H]1N[C@@H](CC(C)(C)C)[C@@]2(CNc3cc(Cl)ccc32)[C@H]1c1ccc(Cl)cc1. The summed E-state index contributed by atoms with van der Waals surface area (Å²) in [7, 11) is 1.45. The van der Waals surface area contributed by atoms with Gasteiger partial charge in [0, 0.05) is 39.7 Å². The summed E-state index contributed by atoms with van der Waals surface area (Å²) >= 11 is 12.7. The van der Waals surface area contributed by atoms with Gasteiger partial charge in [-0.1, -0.05) is 62.2 Å². The fourth-order valence-corrected chi connectivity index (χ4v) is 6.65. The Kier molecular flexibility index (Phi) is 7.50. The maximum Gasteiger partial charge on any atom is 0.335 e. The van der Waals surface area contributed by atoms with Crippen molar-refractivity contribution in [3.05, 3.63) is 87.4 Å². The van der Waals surface area contributed by atoms with Crippen molar-refractivity contribution in [1.82, 2.24) is 5.32 Å². The van der Waals surface area contributed by atoms with Crippen molar-refractivity contribution < 1.29 is 19.4 Å². The van der Waals surface area contributed by atoms with Gasteiger partial charge in [0.25, 0.3) is 0 Å². The number of carbonyl (C=O) groups is 2. The Balaban J connectivity index is 1.62. The number of halogens is 2. The normalized spacial score (nSPS) is 23.5. The van der Waals surface area contributed by atoms with Crippen LogP contribution in [0.1, 0.15) is 54.6 Å². The number of ether oxygens (including phenoxy) is 1. The van der Waals surface area contributed by atoms with Crippen LogP contribution in [0.4, 0.5) is 11.4 Å². The number of hydrogen-bond acceptors (Lipinski definition) is 5. The number of hydrogen-bond donors (Lipinski definition) is 4. The zero-order valence-electron chi connectivity index (χ0n) is 22.8.